The molecule has 1 unspecified atom stereocenters. The quantitative estimate of drug-likeness (QED) is 0.561. The average molecular weight is 429 g/mol. The number of rotatable bonds is 10. The number of methoxy groups -OCH3 is 2. The molecule has 3 rings (SSSR count). The second kappa shape index (κ2) is 9.23. The molecule has 6 heteroatoms. The van der Waals surface area contributed by atoms with Crippen LogP contribution in [0.3, 0.4) is 0 Å². The SMILES string of the molecule is COc1ccc(CN(Cc2ccc(OC)cc2)S(=O)(=O)C[C@@H](C)C2(C)C=[C]C2)cc1. The summed E-state index contributed by atoms with van der Waals surface area (Å²) >= 11 is 0. The van der Waals surface area contributed by atoms with Crippen LogP contribution in [0.4, 0.5) is 0 Å². The third-order valence-corrected chi connectivity index (χ3v) is 7.90. The average Bonchev–Trinajstić information content (AvgIpc) is 2.72. The number of allylic oxidation sites excluding steroid dienone is 2. The molecule has 1 radical (unpaired) electrons. The van der Waals surface area contributed by atoms with Gasteiger partial charge in [0.05, 0.1) is 20.0 Å². The molecule has 0 aromatic heterocycles. The van der Waals surface area contributed by atoms with E-state index >= 15 is 0 Å². The minimum atomic E-state index is -3.49. The Labute approximate surface area is 180 Å². The van der Waals surface area contributed by atoms with Gasteiger partial charge < -0.3 is 9.47 Å². The van der Waals surface area contributed by atoms with Crippen molar-refractivity contribution in [2.75, 3.05) is 20.0 Å². The fraction of sp³-hybridized carbons (Fsp3) is 0.417. The lowest BCUT2D eigenvalue weighted by Gasteiger charge is -2.38. The van der Waals surface area contributed by atoms with Gasteiger partial charge in [0, 0.05) is 13.1 Å². The van der Waals surface area contributed by atoms with Crippen LogP contribution in [0.5, 0.6) is 11.5 Å². The van der Waals surface area contributed by atoms with Crippen LogP contribution in [0.2, 0.25) is 0 Å². The van der Waals surface area contributed by atoms with E-state index in [0.29, 0.717) is 13.1 Å². The minimum absolute atomic E-state index is 0.0120. The van der Waals surface area contributed by atoms with E-state index in [1.54, 1.807) is 18.5 Å². The van der Waals surface area contributed by atoms with E-state index in [4.69, 9.17) is 9.47 Å². The van der Waals surface area contributed by atoms with Crippen molar-refractivity contribution in [3.05, 3.63) is 71.8 Å². The van der Waals surface area contributed by atoms with Gasteiger partial charge in [-0.1, -0.05) is 44.2 Å². The lowest BCUT2D eigenvalue weighted by atomic mass is 9.70. The van der Waals surface area contributed by atoms with Crippen molar-refractivity contribution in [3.8, 4) is 11.5 Å². The Kier molecular flexibility index (Phi) is 6.88. The van der Waals surface area contributed by atoms with Crippen molar-refractivity contribution >= 4 is 10.0 Å². The zero-order valence-corrected chi connectivity index (χ0v) is 18.9. The Bertz CT molecular complexity index is 918. The van der Waals surface area contributed by atoms with Gasteiger partial charge in [0.2, 0.25) is 10.0 Å². The van der Waals surface area contributed by atoms with Crippen LogP contribution in [-0.2, 0) is 23.1 Å². The van der Waals surface area contributed by atoms with Crippen molar-refractivity contribution in [2.45, 2.75) is 33.4 Å². The van der Waals surface area contributed by atoms with Crippen molar-refractivity contribution < 1.29 is 17.9 Å². The molecule has 2 aromatic rings. The van der Waals surface area contributed by atoms with E-state index in [0.717, 1.165) is 29.0 Å². The van der Waals surface area contributed by atoms with Crippen LogP contribution in [0.15, 0.2) is 54.6 Å². The van der Waals surface area contributed by atoms with Crippen molar-refractivity contribution in [1.29, 1.82) is 0 Å². The summed E-state index contributed by atoms with van der Waals surface area (Å²) in [4.78, 5) is 0. The lowest BCUT2D eigenvalue weighted by molar-refractivity contribution is 0.262. The summed E-state index contributed by atoms with van der Waals surface area (Å²) in [6, 6.07) is 15.0. The second-order valence-corrected chi connectivity index (χ2v) is 10.2. The highest BCUT2D eigenvalue weighted by atomic mass is 32.2. The zero-order valence-electron chi connectivity index (χ0n) is 18.1. The molecule has 2 atom stereocenters. The van der Waals surface area contributed by atoms with Gasteiger partial charge in [-0.05, 0) is 59.2 Å². The van der Waals surface area contributed by atoms with Gasteiger partial charge in [-0.2, -0.15) is 4.31 Å². The number of hydrogen-bond acceptors (Lipinski definition) is 4. The van der Waals surface area contributed by atoms with Gasteiger partial charge in [-0.3, -0.25) is 0 Å². The van der Waals surface area contributed by atoms with E-state index in [9.17, 15) is 8.42 Å². The predicted molar refractivity (Wildman–Crippen MR) is 119 cm³/mol. The molecular formula is C24H30NO4S. The molecule has 0 heterocycles. The standard InChI is InChI=1S/C24H30NO4S/c1-19(24(2)14-5-15-24)18-30(26,27)25(16-20-6-10-22(28-3)11-7-20)17-21-8-12-23(29-4)13-9-21/h6-14,19H,15-18H2,1-4H3/t19-,24?/m1/s1. The van der Waals surface area contributed by atoms with Gasteiger partial charge in [0.1, 0.15) is 11.5 Å². The first-order valence-corrected chi connectivity index (χ1v) is 11.7. The van der Waals surface area contributed by atoms with Crippen molar-refractivity contribution in [2.24, 2.45) is 11.3 Å². The molecule has 0 saturated heterocycles. The van der Waals surface area contributed by atoms with E-state index < -0.39 is 10.0 Å². The van der Waals surface area contributed by atoms with Gasteiger partial charge >= 0.3 is 0 Å². The third kappa shape index (κ3) is 5.24. The molecule has 0 spiro atoms. The maximum Gasteiger partial charge on any atom is 0.215 e. The molecular weight excluding hydrogens is 398 g/mol. The molecule has 0 fully saturated rings. The molecule has 0 aliphatic heterocycles. The number of ether oxygens (including phenoxy) is 2. The number of benzene rings is 2. The fourth-order valence-corrected chi connectivity index (χ4v) is 5.39. The predicted octanol–water partition coefficient (Wildman–Crippen LogP) is 4.44. The molecule has 30 heavy (non-hydrogen) atoms. The van der Waals surface area contributed by atoms with Crippen LogP contribution in [-0.4, -0.2) is 32.7 Å². The van der Waals surface area contributed by atoms with Gasteiger partial charge in [-0.15, -0.1) is 0 Å². The molecule has 0 N–H and O–H groups in total. The van der Waals surface area contributed by atoms with Gasteiger partial charge in [0.15, 0.2) is 0 Å². The van der Waals surface area contributed by atoms with Crippen LogP contribution >= 0.6 is 0 Å². The first kappa shape index (κ1) is 22.4. The Morgan fingerprint density at radius 2 is 1.40 bits per heavy atom. The summed E-state index contributed by atoms with van der Waals surface area (Å²) in [6.45, 7) is 4.72. The summed E-state index contributed by atoms with van der Waals surface area (Å²) in [6.07, 6.45) is 5.95. The first-order valence-electron chi connectivity index (χ1n) is 10.1. The Hall–Kier alpha value is -2.31. The van der Waals surface area contributed by atoms with E-state index in [-0.39, 0.29) is 17.1 Å². The third-order valence-electron chi connectivity index (χ3n) is 5.93. The summed E-state index contributed by atoms with van der Waals surface area (Å²) in [5, 5.41) is 0. The number of hydrogen-bond donors (Lipinski definition) is 0. The molecule has 0 amide bonds. The van der Waals surface area contributed by atoms with Crippen LogP contribution < -0.4 is 9.47 Å². The highest BCUT2D eigenvalue weighted by Gasteiger charge is 2.37. The smallest absolute Gasteiger partial charge is 0.215 e. The maximum atomic E-state index is 13.4. The molecule has 2 aromatic carbocycles. The topological polar surface area (TPSA) is 55.8 Å². The molecule has 1 aliphatic rings. The second-order valence-electron chi connectivity index (χ2n) is 8.17. The summed E-state index contributed by atoms with van der Waals surface area (Å²) in [7, 11) is -0.256. The highest BCUT2D eigenvalue weighted by Crippen LogP contribution is 2.40. The highest BCUT2D eigenvalue weighted by molar-refractivity contribution is 7.89. The zero-order chi connectivity index (χ0) is 21.8. The number of sulfonamides is 1. The number of nitrogens with zero attached hydrogens (tertiary/aromatic N) is 1. The minimum Gasteiger partial charge on any atom is -0.497 e. The fourth-order valence-electron chi connectivity index (χ4n) is 3.47. The summed E-state index contributed by atoms with van der Waals surface area (Å²) < 4.78 is 38.9. The molecule has 0 bridgehead atoms. The molecule has 1 aliphatic carbocycles. The Balaban J connectivity index is 1.83. The maximum absolute atomic E-state index is 13.4. The van der Waals surface area contributed by atoms with E-state index in [1.165, 1.54) is 0 Å². The van der Waals surface area contributed by atoms with Crippen molar-refractivity contribution in [1.82, 2.24) is 4.31 Å². The Morgan fingerprint density at radius 1 is 0.967 bits per heavy atom. The largest absolute Gasteiger partial charge is 0.497 e. The van der Waals surface area contributed by atoms with E-state index in [2.05, 4.69) is 13.0 Å². The molecule has 5 nitrogen and oxygen atoms in total. The van der Waals surface area contributed by atoms with Crippen LogP contribution in [0.1, 0.15) is 31.4 Å². The van der Waals surface area contributed by atoms with Crippen molar-refractivity contribution in [3.63, 3.8) is 0 Å². The van der Waals surface area contributed by atoms with E-state index in [1.807, 2.05) is 61.5 Å². The monoisotopic (exact) mass is 428 g/mol. The normalized spacial score (nSPS) is 19.4. The van der Waals surface area contributed by atoms with Crippen LogP contribution in [0.25, 0.3) is 0 Å². The van der Waals surface area contributed by atoms with Gasteiger partial charge in [-0.25, -0.2) is 8.42 Å². The Morgan fingerprint density at radius 3 is 1.73 bits per heavy atom. The van der Waals surface area contributed by atoms with Gasteiger partial charge in [0.25, 0.3) is 0 Å². The first-order chi connectivity index (χ1) is 14.3. The molecule has 161 valence electrons. The van der Waals surface area contributed by atoms with Crippen LogP contribution in [0, 0.1) is 17.4 Å². The summed E-state index contributed by atoms with van der Waals surface area (Å²) in [5.41, 5.74) is 1.74. The summed E-state index contributed by atoms with van der Waals surface area (Å²) in [5.74, 6) is 1.61. The molecule has 0 saturated carbocycles. The lowest BCUT2D eigenvalue weighted by Crippen LogP contribution is -2.39.